The summed E-state index contributed by atoms with van der Waals surface area (Å²) >= 11 is 0. The highest BCUT2D eigenvalue weighted by molar-refractivity contribution is 5.94. The van der Waals surface area contributed by atoms with Gasteiger partial charge in [-0.1, -0.05) is 17.3 Å². The van der Waals surface area contributed by atoms with Crippen molar-refractivity contribution in [2.24, 2.45) is 5.92 Å². The van der Waals surface area contributed by atoms with Crippen LogP contribution in [0.2, 0.25) is 0 Å². The largest absolute Gasteiger partial charge is 0.339 e. The number of nitrogens with zero attached hydrogens (tertiary/aromatic N) is 4. The molecule has 4 rings (SSSR count). The van der Waals surface area contributed by atoms with E-state index in [1.54, 1.807) is 42.5 Å². The third-order valence-electron chi connectivity index (χ3n) is 5.11. The number of halogens is 1. The number of aromatic nitrogens is 2. The van der Waals surface area contributed by atoms with Crippen LogP contribution in [0.5, 0.6) is 0 Å². The third kappa shape index (κ3) is 4.16. The van der Waals surface area contributed by atoms with Crippen LogP contribution in [0.3, 0.4) is 0 Å². The molecule has 1 unspecified atom stereocenters. The molecule has 2 heterocycles. The van der Waals surface area contributed by atoms with Gasteiger partial charge in [-0.05, 0) is 55.2 Å². The molecule has 0 aliphatic carbocycles. The number of hydrogen-bond donors (Lipinski definition) is 0. The van der Waals surface area contributed by atoms with E-state index in [0.717, 1.165) is 12.8 Å². The van der Waals surface area contributed by atoms with E-state index in [0.29, 0.717) is 42.1 Å². The van der Waals surface area contributed by atoms with Gasteiger partial charge in [0.25, 0.3) is 5.91 Å². The average Bonchev–Trinajstić information content (AvgIpc) is 3.22. The molecule has 1 saturated heterocycles. The Balaban J connectivity index is 1.42. The summed E-state index contributed by atoms with van der Waals surface area (Å²) in [5.74, 6) is 0.439. The molecule has 2 aromatic carbocycles. The van der Waals surface area contributed by atoms with Crippen molar-refractivity contribution < 1.29 is 13.7 Å². The fraction of sp³-hybridized carbons (Fsp3) is 0.273. The molecule has 1 atom stereocenters. The predicted octanol–water partition coefficient (Wildman–Crippen LogP) is 3.84. The molecular weight excluding hydrogens is 371 g/mol. The standard InChI is InChI=1S/C22H19FN4O2/c23-19-6-2-1-5-18(19)21-25-20(29-26-21)12-16-4-3-11-27(14-16)22(28)17-9-7-15(13-24)8-10-17/h1-2,5-10,16H,3-4,11-12,14H2. The van der Waals surface area contributed by atoms with E-state index < -0.39 is 5.82 Å². The lowest BCUT2D eigenvalue weighted by Gasteiger charge is -2.32. The topological polar surface area (TPSA) is 83.0 Å². The van der Waals surface area contributed by atoms with Gasteiger partial charge in [-0.2, -0.15) is 10.2 Å². The number of carbonyl (C=O) groups excluding carboxylic acids is 1. The molecule has 0 bridgehead atoms. The molecular formula is C22H19FN4O2. The summed E-state index contributed by atoms with van der Waals surface area (Å²) in [5.41, 5.74) is 1.41. The number of likely N-dealkylation sites (tertiary alicyclic amines) is 1. The molecule has 1 aliphatic heterocycles. The lowest BCUT2D eigenvalue weighted by atomic mass is 9.94. The highest BCUT2D eigenvalue weighted by Crippen LogP contribution is 2.24. The minimum Gasteiger partial charge on any atom is -0.339 e. The van der Waals surface area contributed by atoms with Gasteiger partial charge in [0.05, 0.1) is 17.2 Å². The minimum absolute atomic E-state index is 0.0447. The van der Waals surface area contributed by atoms with Crippen LogP contribution in [0.1, 0.15) is 34.7 Å². The van der Waals surface area contributed by atoms with Crippen LogP contribution in [-0.4, -0.2) is 34.0 Å². The van der Waals surface area contributed by atoms with Crippen molar-refractivity contribution in [1.82, 2.24) is 15.0 Å². The third-order valence-corrected chi connectivity index (χ3v) is 5.11. The molecule has 146 valence electrons. The van der Waals surface area contributed by atoms with Gasteiger partial charge >= 0.3 is 0 Å². The monoisotopic (exact) mass is 390 g/mol. The van der Waals surface area contributed by atoms with Crippen LogP contribution < -0.4 is 0 Å². The highest BCUT2D eigenvalue weighted by atomic mass is 19.1. The average molecular weight is 390 g/mol. The lowest BCUT2D eigenvalue weighted by Crippen LogP contribution is -2.40. The summed E-state index contributed by atoms with van der Waals surface area (Å²) in [6, 6.07) is 15.0. The Hall–Kier alpha value is -3.53. The van der Waals surface area contributed by atoms with Crippen molar-refractivity contribution in [2.75, 3.05) is 13.1 Å². The molecule has 1 amide bonds. The van der Waals surface area contributed by atoms with Crippen molar-refractivity contribution in [3.05, 3.63) is 71.4 Å². The van der Waals surface area contributed by atoms with Crippen LogP contribution in [0, 0.1) is 23.1 Å². The number of rotatable bonds is 4. The Morgan fingerprint density at radius 2 is 2.03 bits per heavy atom. The Labute approximate surface area is 167 Å². The summed E-state index contributed by atoms with van der Waals surface area (Å²) in [6.07, 6.45) is 2.38. The predicted molar refractivity (Wildman–Crippen MR) is 103 cm³/mol. The first kappa shape index (κ1) is 18.8. The second-order valence-corrected chi connectivity index (χ2v) is 7.14. The van der Waals surface area contributed by atoms with Crippen molar-refractivity contribution >= 4 is 5.91 Å². The molecule has 29 heavy (non-hydrogen) atoms. The number of benzene rings is 2. The zero-order valence-electron chi connectivity index (χ0n) is 15.7. The van der Waals surface area contributed by atoms with E-state index in [1.807, 2.05) is 4.90 Å². The summed E-state index contributed by atoms with van der Waals surface area (Å²) in [6.45, 7) is 1.29. The van der Waals surface area contributed by atoms with Gasteiger partial charge in [0.2, 0.25) is 11.7 Å². The van der Waals surface area contributed by atoms with Crippen LogP contribution >= 0.6 is 0 Å². The normalized spacial score (nSPS) is 16.4. The molecule has 0 radical (unpaired) electrons. The molecule has 1 aromatic heterocycles. The van der Waals surface area contributed by atoms with Gasteiger partial charge in [0.15, 0.2) is 0 Å². The number of carbonyl (C=O) groups is 1. The smallest absolute Gasteiger partial charge is 0.253 e. The van der Waals surface area contributed by atoms with E-state index >= 15 is 0 Å². The van der Waals surface area contributed by atoms with Crippen molar-refractivity contribution in [3.63, 3.8) is 0 Å². The number of amides is 1. The fourth-order valence-electron chi connectivity index (χ4n) is 3.62. The first-order valence-corrected chi connectivity index (χ1v) is 9.51. The summed E-state index contributed by atoms with van der Waals surface area (Å²) in [5, 5.41) is 12.8. The SMILES string of the molecule is N#Cc1ccc(C(=O)N2CCCC(Cc3nc(-c4ccccc4F)no3)C2)cc1. The molecule has 7 heteroatoms. The Kier molecular flexibility index (Phi) is 5.34. The maximum Gasteiger partial charge on any atom is 0.253 e. The first-order chi connectivity index (χ1) is 14.1. The van der Waals surface area contributed by atoms with E-state index in [-0.39, 0.29) is 17.6 Å². The Bertz CT molecular complexity index is 1060. The van der Waals surface area contributed by atoms with Gasteiger partial charge in [0, 0.05) is 25.1 Å². The summed E-state index contributed by atoms with van der Waals surface area (Å²) in [7, 11) is 0. The van der Waals surface area contributed by atoms with Gasteiger partial charge in [-0.15, -0.1) is 0 Å². The van der Waals surface area contributed by atoms with Crippen LogP contribution in [0.25, 0.3) is 11.4 Å². The maximum absolute atomic E-state index is 13.9. The molecule has 0 spiro atoms. The van der Waals surface area contributed by atoms with Crippen molar-refractivity contribution in [3.8, 4) is 17.5 Å². The van der Waals surface area contributed by atoms with E-state index in [4.69, 9.17) is 9.78 Å². The quantitative estimate of drug-likeness (QED) is 0.676. The Morgan fingerprint density at radius 1 is 1.24 bits per heavy atom. The summed E-state index contributed by atoms with van der Waals surface area (Å²) < 4.78 is 19.2. The van der Waals surface area contributed by atoms with Crippen LogP contribution in [0.4, 0.5) is 4.39 Å². The fourth-order valence-corrected chi connectivity index (χ4v) is 3.62. The van der Waals surface area contributed by atoms with E-state index in [9.17, 15) is 9.18 Å². The van der Waals surface area contributed by atoms with Crippen LogP contribution in [-0.2, 0) is 6.42 Å². The van der Waals surface area contributed by atoms with Gasteiger partial charge in [-0.3, -0.25) is 4.79 Å². The second kappa shape index (κ2) is 8.23. The van der Waals surface area contributed by atoms with Crippen LogP contribution in [0.15, 0.2) is 53.1 Å². The lowest BCUT2D eigenvalue weighted by molar-refractivity contribution is 0.0668. The van der Waals surface area contributed by atoms with Crippen molar-refractivity contribution in [1.29, 1.82) is 5.26 Å². The number of piperidine rings is 1. The van der Waals surface area contributed by atoms with Crippen molar-refractivity contribution in [2.45, 2.75) is 19.3 Å². The minimum atomic E-state index is -0.392. The zero-order chi connectivity index (χ0) is 20.2. The zero-order valence-corrected chi connectivity index (χ0v) is 15.7. The number of nitriles is 1. The first-order valence-electron chi connectivity index (χ1n) is 9.51. The summed E-state index contributed by atoms with van der Waals surface area (Å²) in [4.78, 5) is 18.9. The van der Waals surface area contributed by atoms with Gasteiger partial charge in [0.1, 0.15) is 5.82 Å². The molecule has 0 saturated carbocycles. The van der Waals surface area contributed by atoms with E-state index in [1.165, 1.54) is 6.07 Å². The molecule has 0 N–H and O–H groups in total. The Morgan fingerprint density at radius 3 is 2.79 bits per heavy atom. The van der Waals surface area contributed by atoms with E-state index in [2.05, 4.69) is 16.2 Å². The molecule has 1 aliphatic rings. The van der Waals surface area contributed by atoms with Gasteiger partial charge < -0.3 is 9.42 Å². The molecule has 1 fully saturated rings. The maximum atomic E-state index is 13.9. The molecule has 3 aromatic rings. The highest BCUT2D eigenvalue weighted by Gasteiger charge is 2.26. The number of hydrogen-bond acceptors (Lipinski definition) is 5. The molecule has 6 nitrogen and oxygen atoms in total. The second-order valence-electron chi connectivity index (χ2n) is 7.14. The van der Waals surface area contributed by atoms with Gasteiger partial charge in [-0.25, -0.2) is 4.39 Å².